The van der Waals surface area contributed by atoms with Gasteiger partial charge >= 0.3 is 0 Å². The summed E-state index contributed by atoms with van der Waals surface area (Å²) in [5.74, 6) is -5.55. The lowest BCUT2D eigenvalue weighted by Gasteiger charge is -2.08. The minimum atomic E-state index is -1.40. The predicted octanol–water partition coefficient (Wildman–Crippen LogP) is 3.62. The molecular weight excluding hydrogens is 210 g/mol. The first kappa shape index (κ1) is 13.7. The Balaban J connectivity index is 0.000000921. The van der Waals surface area contributed by atoms with Crippen molar-refractivity contribution in [2.24, 2.45) is 0 Å². The average Bonchev–Trinajstić information content (AvgIpc) is 2.27. The van der Waals surface area contributed by atoms with Crippen molar-refractivity contribution < 1.29 is 17.6 Å². The molecule has 1 N–H and O–H groups in total. The summed E-state index contributed by atoms with van der Waals surface area (Å²) in [5, 5.41) is 2.04. The fourth-order valence-corrected chi connectivity index (χ4v) is 0.961. The number of anilines is 1. The third-order valence-corrected chi connectivity index (χ3v) is 1.73. The summed E-state index contributed by atoms with van der Waals surface area (Å²) in [6, 6.07) is 0. The highest BCUT2D eigenvalue weighted by molar-refractivity contribution is 5.48. The Morgan fingerprint density at radius 1 is 0.800 bits per heavy atom. The first-order chi connectivity index (χ1) is 7.00. The molecule has 0 aliphatic heterocycles. The molecule has 5 heteroatoms. The van der Waals surface area contributed by atoms with Crippen molar-refractivity contribution in [3.05, 3.63) is 28.8 Å². The monoisotopic (exact) mass is 223 g/mol. The lowest BCUT2D eigenvalue weighted by Crippen LogP contribution is -2.05. The standard InChI is InChI=1S/C8H7F4N.C2H6/c1-3-4(9)6(11)8(13-2)7(12)5(3)10;1-2/h13H,1-2H3;1-2H3. The Kier molecular flexibility index (Phi) is 5.11. The third-order valence-electron chi connectivity index (χ3n) is 1.73. The summed E-state index contributed by atoms with van der Waals surface area (Å²) in [5.41, 5.74) is -1.45. The molecule has 0 aliphatic rings. The van der Waals surface area contributed by atoms with Gasteiger partial charge in [-0.2, -0.15) is 0 Å². The van der Waals surface area contributed by atoms with E-state index in [2.05, 4.69) is 0 Å². The molecular formula is C10H13F4N. The smallest absolute Gasteiger partial charge is 0.185 e. The molecule has 1 nitrogen and oxygen atoms in total. The predicted molar refractivity (Wildman–Crippen MR) is 51.9 cm³/mol. The summed E-state index contributed by atoms with van der Waals surface area (Å²) < 4.78 is 51.3. The molecule has 0 heterocycles. The van der Waals surface area contributed by atoms with Gasteiger partial charge in [-0.15, -0.1) is 0 Å². The molecule has 0 radical (unpaired) electrons. The number of hydrogen-bond donors (Lipinski definition) is 1. The van der Waals surface area contributed by atoms with Crippen molar-refractivity contribution in [1.82, 2.24) is 0 Å². The molecule has 0 saturated carbocycles. The van der Waals surface area contributed by atoms with Crippen LogP contribution in [0.3, 0.4) is 0 Å². The van der Waals surface area contributed by atoms with E-state index in [9.17, 15) is 17.6 Å². The zero-order valence-electron chi connectivity index (χ0n) is 9.01. The molecule has 0 spiro atoms. The second kappa shape index (κ2) is 5.58. The highest BCUT2D eigenvalue weighted by Gasteiger charge is 2.21. The summed E-state index contributed by atoms with van der Waals surface area (Å²) in [4.78, 5) is 0. The first-order valence-corrected chi connectivity index (χ1v) is 4.51. The Morgan fingerprint density at radius 2 is 1.13 bits per heavy atom. The van der Waals surface area contributed by atoms with Crippen LogP contribution in [-0.2, 0) is 0 Å². The van der Waals surface area contributed by atoms with Gasteiger partial charge in [0.1, 0.15) is 5.69 Å². The molecule has 0 unspecified atom stereocenters. The van der Waals surface area contributed by atoms with Crippen molar-refractivity contribution in [1.29, 1.82) is 0 Å². The van der Waals surface area contributed by atoms with Gasteiger partial charge in [0, 0.05) is 12.6 Å². The van der Waals surface area contributed by atoms with E-state index in [0.717, 1.165) is 6.92 Å². The molecule has 0 aliphatic carbocycles. The molecule has 86 valence electrons. The Morgan fingerprint density at radius 3 is 1.40 bits per heavy atom. The van der Waals surface area contributed by atoms with E-state index >= 15 is 0 Å². The summed E-state index contributed by atoms with van der Waals surface area (Å²) in [7, 11) is 1.18. The van der Waals surface area contributed by atoms with Crippen molar-refractivity contribution in [2.75, 3.05) is 12.4 Å². The first-order valence-electron chi connectivity index (χ1n) is 4.51. The largest absolute Gasteiger partial charge is 0.383 e. The van der Waals surface area contributed by atoms with Gasteiger partial charge in [0.2, 0.25) is 0 Å². The van der Waals surface area contributed by atoms with Gasteiger partial charge in [0.25, 0.3) is 0 Å². The second-order valence-corrected chi connectivity index (χ2v) is 2.51. The quantitative estimate of drug-likeness (QED) is 0.566. The number of benzene rings is 1. The lowest BCUT2D eigenvalue weighted by atomic mass is 10.1. The number of hydrogen-bond acceptors (Lipinski definition) is 1. The van der Waals surface area contributed by atoms with E-state index in [1.54, 1.807) is 0 Å². The van der Waals surface area contributed by atoms with Crippen molar-refractivity contribution in [2.45, 2.75) is 20.8 Å². The highest BCUT2D eigenvalue weighted by atomic mass is 19.2. The average molecular weight is 223 g/mol. The van der Waals surface area contributed by atoms with Gasteiger partial charge in [0.05, 0.1) is 0 Å². The van der Waals surface area contributed by atoms with Gasteiger partial charge in [-0.1, -0.05) is 13.8 Å². The molecule has 1 aromatic carbocycles. The Labute approximate surface area is 86.1 Å². The molecule has 0 fully saturated rings. The van der Waals surface area contributed by atoms with Gasteiger partial charge in [-0.25, -0.2) is 17.6 Å². The fraction of sp³-hybridized carbons (Fsp3) is 0.400. The summed E-state index contributed by atoms with van der Waals surface area (Å²) in [6.07, 6.45) is 0. The van der Waals surface area contributed by atoms with Crippen molar-refractivity contribution in [3.8, 4) is 0 Å². The molecule has 0 amide bonds. The summed E-state index contributed by atoms with van der Waals surface area (Å²) >= 11 is 0. The number of halogens is 4. The van der Waals surface area contributed by atoms with Crippen LogP contribution >= 0.6 is 0 Å². The Bertz CT molecular complexity index is 321. The zero-order valence-corrected chi connectivity index (χ0v) is 9.01. The van der Waals surface area contributed by atoms with Crippen molar-refractivity contribution >= 4 is 5.69 Å². The van der Waals surface area contributed by atoms with Gasteiger partial charge < -0.3 is 5.32 Å². The van der Waals surface area contributed by atoms with Crippen LogP contribution in [0.25, 0.3) is 0 Å². The van der Waals surface area contributed by atoms with Crippen LogP contribution < -0.4 is 5.32 Å². The Hall–Kier alpha value is -1.26. The summed E-state index contributed by atoms with van der Waals surface area (Å²) in [6.45, 7) is 4.97. The van der Waals surface area contributed by atoms with Crippen LogP contribution in [0, 0.1) is 30.2 Å². The highest BCUT2D eigenvalue weighted by Crippen LogP contribution is 2.26. The molecule has 15 heavy (non-hydrogen) atoms. The van der Waals surface area contributed by atoms with E-state index in [1.165, 1.54) is 7.05 Å². The number of nitrogens with one attached hydrogen (secondary N) is 1. The van der Waals surface area contributed by atoms with Crippen LogP contribution in [0.15, 0.2) is 0 Å². The topological polar surface area (TPSA) is 12.0 Å². The van der Waals surface area contributed by atoms with E-state index in [4.69, 9.17) is 0 Å². The molecule has 0 saturated heterocycles. The van der Waals surface area contributed by atoms with E-state index < -0.39 is 34.5 Å². The number of rotatable bonds is 1. The van der Waals surface area contributed by atoms with E-state index in [-0.39, 0.29) is 0 Å². The maximum absolute atomic E-state index is 12.9. The van der Waals surface area contributed by atoms with Crippen LogP contribution in [0.1, 0.15) is 19.4 Å². The van der Waals surface area contributed by atoms with Gasteiger partial charge in [-0.05, 0) is 6.92 Å². The van der Waals surface area contributed by atoms with Crippen LogP contribution in [0.2, 0.25) is 0 Å². The molecule has 0 aromatic heterocycles. The SMILES string of the molecule is CC.CNc1c(F)c(F)c(C)c(F)c1F. The van der Waals surface area contributed by atoms with E-state index in [0.29, 0.717) is 0 Å². The van der Waals surface area contributed by atoms with Crippen LogP contribution in [0.5, 0.6) is 0 Å². The maximum Gasteiger partial charge on any atom is 0.185 e. The minimum Gasteiger partial charge on any atom is -0.383 e. The van der Waals surface area contributed by atoms with Gasteiger partial charge in [-0.3, -0.25) is 0 Å². The molecule has 1 aromatic rings. The van der Waals surface area contributed by atoms with Crippen molar-refractivity contribution in [3.63, 3.8) is 0 Å². The van der Waals surface area contributed by atoms with Crippen LogP contribution in [0.4, 0.5) is 23.2 Å². The zero-order chi connectivity index (χ0) is 12.2. The second-order valence-electron chi connectivity index (χ2n) is 2.51. The molecule has 0 bridgehead atoms. The normalized spacial score (nSPS) is 9.33. The fourth-order valence-electron chi connectivity index (χ4n) is 0.961. The lowest BCUT2D eigenvalue weighted by molar-refractivity contribution is 0.450. The van der Waals surface area contributed by atoms with Crippen LogP contribution in [-0.4, -0.2) is 7.05 Å². The van der Waals surface area contributed by atoms with E-state index in [1.807, 2.05) is 19.2 Å². The minimum absolute atomic E-state index is 0.658. The van der Waals surface area contributed by atoms with Gasteiger partial charge in [0.15, 0.2) is 23.3 Å². The molecule has 0 atom stereocenters. The maximum atomic E-state index is 12.9. The molecule has 1 rings (SSSR count). The third kappa shape index (κ3) is 2.40.